The molecule has 2 heteroatoms. The molecule has 0 radical (unpaired) electrons. The van der Waals surface area contributed by atoms with Crippen molar-refractivity contribution in [2.75, 3.05) is 7.05 Å². The summed E-state index contributed by atoms with van der Waals surface area (Å²) in [5.41, 5.74) is -0.384. The van der Waals surface area contributed by atoms with Gasteiger partial charge in [0.1, 0.15) is 0 Å². The van der Waals surface area contributed by atoms with Crippen LogP contribution in [0.15, 0.2) is 25.3 Å². The van der Waals surface area contributed by atoms with Gasteiger partial charge in [0.25, 0.3) is 0 Å². The minimum absolute atomic E-state index is 0.0517. The number of likely N-dealkylation sites (N-methyl/N-ethyl adjacent to an activating group) is 1. The first-order valence-electron chi connectivity index (χ1n) is 7.32. The summed E-state index contributed by atoms with van der Waals surface area (Å²) in [5.74, 6) is 0.392. The van der Waals surface area contributed by atoms with Gasteiger partial charge in [0.15, 0.2) is 5.78 Å². The second kappa shape index (κ2) is 8.31. The third kappa shape index (κ3) is 4.61. The number of carbonyl (C=O) groups is 1. The van der Waals surface area contributed by atoms with Crippen LogP contribution in [0.25, 0.3) is 0 Å². The Bertz CT molecular complexity index is 292. The lowest BCUT2D eigenvalue weighted by molar-refractivity contribution is -0.136. The summed E-state index contributed by atoms with van der Waals surface area (Å²) < 4.78 is 0. The smallest absolute Gasteiger partial charge is 0.155 e. The number of allylic oxidation sites excluding steroid dienone is 2. The van der Waals surface area contributed by atoms with Crippen molar-refractivity contribution in [3.8, 4) is 0 Å². The number of hydrogen-bond donors (Lipinski definition) is 0. The van der Waals surface area contributed by atoms with Crippen LogP contribution in [0, 0.1) is 5.92 Å². The van der Waals surface area contributed by atoms with Gasteiger partial charge in [-0.3, -0.25) is 9.69 Å². The van der Waals surface area contributed by atoms with Crippen LogP contribution in [0.3, 0.4) is 0 Å². The Morgan fingerprint density at radius 1 is 1.11 bits per heavy atom. The van der Waals surface area contributed by atoms with Crippen molar-refractivity contribution in [2.24, 2.45) is 5.92 Å². The summed E-state index contributed by atoms with van der Waals surface area (Å²) >= 11 is 0. The van der Waals surface area contributed by atoms with Crippen molar-refractivity contribution >= 4 is 5.78 Å². The zero-order valence-electron chi connectivity index (χ0n) is 13.4. The average molecular weight is 265 g/mol. The van der Waals surface area contributed by atoms with E-state index in [0.717, 1.165) is 25.7 Å². The van der Waals surface area contributed by atoms with Gasteiger partial charge in [-0.05, 0) is 46.6 Å². The highest BCUT2D eigenvalue weighted by atomic mass is 16.1. The highest BCUT2D eigenvalue weighted by Crippen LogP contribution is 2.32. The van der Waals surface area contributed by atoms with E-state index in [0.29, 0.717) is 11.8 Å². The van der Waals surface area contributed by atoms with Gasteiger partial charge in [0, 0.05) is 12.0 Å². The maximum atomic E-state index is 12.8. The second-order valence-electron chi connectivity index (χ2n) is 5.91. The summed E-state index contributed by atoms with van der Waals surface area (Å²) in [5, 5.41) is 0. The fourth-order valence-electron chi connectivity index (χ4n) is 2.61. The van der Waals surface area contributed by atoms with Crippen LogP contribution in [-0.2, 0) is 4.79 Å². The molecule has 0 aliphatic carbocycles. The minimum atomic E-state index is -0.384. The van der Waals surface area contributed by atoms with Crippen molar-refractivity contribution in [1.82, 2.24) is 4.90 Å². The van der Waals surface area contributed by atoms with Crippen LogP contribution in [0.4, 0.5) is 0 Å². The zero-order chi connectivity index (χ0) is 15.1. The van der Waals surface area contributed by atoms with Crippen molar-refractivity contribution in [1.29, 1.82) is 0 Å². The summed E-state index contributed by atoms with van der Waals surface area (Å²) in [6.07, 6.45) is 7.24. The van der Waals surface area contributed by atoms with E-state index >= 15 is 0 Å². The fourth-order valence-corrected chi connectivity index (χ4v) is 2.61. The van der Waals surface area contributed by atoms with Crippen LogP contribution >= 0.6 is 0 Å². The molecule has 110 valence electrons. The first kappa shape index (κ1) is 18.1. The molecule has 0 aliphatic heterocycles. The molecule has 0 aromatic carbocycles. The molecule has 0 bridgehead atoms. The van der Waals surface area contributed by atoms with Crippen molar-refractivity contribution < 1.29 is 4.79 Å². The lowest BCUT2D eigenvalue weighted by Gasteiger charge is -2.44. The Morgan fingerprint density at radius 2 is 1.53 bits per heavy atom. The van der Waals surface area contributed by atoms with E-state index in [1.165, 1.54) is 0 Å². The number of hydrogen-bond acceptors (Lipinski definition) is 2. The molecule has 0 rings (SSSR count). The second-order valence-corrected chi connectivity index (χ2v) is 5.91. The molecule has 0 aromatic heterocycles. The Hall–Kier alpha value is -0.890. The minimum Gasteiger partial charge on any atom is -0.297 e. The van der Waals surface area contributed by atoms with Gasteiger partial charge in [-0.1, -0.05) is 26.0 Å². The lowest BCUT2D eigenvalue weighted by Crippen LogP contribution is -2.56. The van der Waals surface area contributed by atoms with E-state index in [1.807, 2.05) is 26.0 Å². The van der Waals surface area contributed by atoms with Crippen molar-refractivity contribution in [2.45, 2.75) is 65.0 Å². The maximum absolute atomic E-state index is 12.8. The number of carbonyl (C=O) groups excluding carboxylic acids is 1. The normalized spacial score (nSPS) is 12.2. The molecule has 0 fully saturated rings. The number of ketones is 1. The zero-order valence-corrected chi connectivity index (χ0v) is 13.4. The van der Waals surface area contributed by atoms with E-state index in [4.69, 9.17) is 0 Å². The van der Waals surface area contributed by atoms with Crippen LogP contribution in [0.1, 0.15) is 53.4 Å². The summed E-state index contributed by atoms with van der Waals surface area (Å²) in [4.78, 5) is 15.1. The van der Waals surface area contributed by atoms with Gasteiger partial charge in [0.2, 0.25) is 0 Å². The highest BCUT2D eigenvalue weighted by Gasteiger charge is 2.42. The van der Waals surface area contributed by atoms with Gasteiger partial charge >= 0.3 is 0 Å². The molecule has 0 saturated carbocycles. The van der Waals surface area contributed by atoms with Gasteiger partial charge in [-0.2, -0.15) is 0 Å². The van der Waals surface area contributed by atoms with Gasteiger partial charge in [-0.15, -0.1) is 13.2 Å². The third-order valence-corrected chi connectivity index (χ3v) is 3.96. The fraction of sp³-hybridized carbons (Fsp3) is 0.706. The summed E-state index contributed by atoms with van der Waals surface area (Å²) in [7, 11) is 2.07. The molecule has 2 nitrogen and oxygen atoms in total. The Morgan fingerprint density at radius 3 is 1.79 bits per heavy atom. The molecule has 0 N–H and O–H groups in total. The molecule has 0 amide bonds. The Balaban J connectivity index is 5.47. The molecule has 0 spiro atoms. The number of rotatable bonds is 10. The molecule has 0 heterocycles. The molecular formula is C17H31NO. The first-order valence-corrected chi connectivity index (χ1v) is 7.32. The molecule has 0 aliphatic rings. The SMILES string of the molecule is C=CCCC(CCC=C)(C(=O)C(C)C)N(C)C(C)C. The monoisotopic (exact) mass is 265 g/mol. The summed E-state index contributed by atoms with van der Waals surface area (Å²) in [6.45, 7) is 15.9. The topological polar surface area (TPSA) is 20.3 Å². The predicted octanol–water partition coefficient (Wildman–Crippen LogP) is 4.22. The summed E-state index contributed by atoms with van der Waals surface area (Å²) in [6, 6.07) is 0.345. The average Bonchev–Trinajstić information content (AvgIpc) is 2.37. The predicted molar refractivity (Wildman–Crippen MR) is 84.3 cm³/mol. The van der Waals surface area contributed by atoms with E-state index in [9.17, 15) is 4.79 Å². The van der Waals surface area contributed by atoms with E-state index in [2.05, 4.69) is 39.0 Å². The Kier molecular flexibility index (Phi) is 7.93. The largest absolute Gasteiger partial charge is 0.297 e. The van der Waals surface area contributed by atoms with E-state index < -0.39 is 0 Å². The lowest BCUT2D eigenvalue weighted by atomic mass is 9.77. The van der Waals surface area contributed by atoms with Crippen LogP contribution in [0.2, 0.25) is 0 Å². The highest BCUT2D eigenvalue weighted by molar-refractivity contribution is 5.90. The number of nitrogens with zero attached hydrogens (tertiary/aromatic N) is 1. The van der Waals surface area contributed by atoms with Crippen LogP contribution in [-0.4, -0.2) is 29.3 Å². The molecule has 0 atom stereocenters. The van der Waals surface area contributed by atoms with E-state index in [-0.39, 0.29) is 11.5 Å². The van der Waals surface area contributed by atoms with E-state index in [1.54, 1.807) is 0 Å². The van der Waals surface area contributed by atoms with Crippen molar-refractivity contribution in [3.05, 3.63) is 25.3 Å². The molecule has 0 aromatic rings. The molecule has 0 saturated heterocycles. The molecule has 0 unspecified atom stereocenters. The van der Waals surface area contributed by atoms with Crippen molar-refractivity contribution in [3.63, 3.8) is 0 Å². The first-order chi connectivity index (χ1) is 8.83. The third-order valence-electron chi connectivity index (χ3n) is 3.96. The maximum Gasteiger partial charge on any atom is 0.155 e. The Labute approximate surface area is 119 Å². The standard InChI is InChI=1S/C17H31NO/c1-8-10-12-17(13-11-9-2,16(19)14(3)4)18(7)15(5)6/h8-9,14-15H,1-2,10-13H2,3-7H3. The quantitative estimate of drug-likeness (QED) is 0.551. The van der Waals surface area contributed by atoms with Gasteiger partial charge < -0.3 is 0 Å². The van der Waals surface area contributed by atoms with Gasteiger partial charge in [0.05, 0.1) is 5.54 Å². The van der Waals surface area contributed by atoms with Gasteiger partial charge in [-0.25, -0.2) is 0 Å². The van der Waals surface area contributed by atoms with Crippen LogP contribution in [0.5, 0.6) is 0 Å². The molecule has 19 heavy (non-hydrogen) atoms. The van der Waals surface area contributed by atoms with Crippen LogP contribution < -0.4 is 0 Å². The molecular weight excluding hydrogens is 234 g/mol. The number of Topliss-reactive ketones (excluding diaryl/α,β-unsaturated/α-hetero) is 1.